The summed E-state index contributed by atoms with van der Waals surface area (Å²) in [5.74, 6) is -0.153. The molecule has 0 aliphatic heterocycles. The second-order valence-electron chi connectivity index (χ2n) is 6.27. The number of methoxy groups -OCH3 is 1. The molecule has 1 heterocycles. The Morgan fingerprint density at radius 1 is 0.893 bits per heavy atom. The Labute approximate surface area is 162 Å². The van der Waals surface area contributed by atoms with Gasteiger partial charge in [0.25, 0.3) is 0 Å². The second kappa shape index (κ2) is 7.40. The van der Waals surface area contributed by atoms with Crippen LogP contribution in [0.1, 0.15) is 10.4 Å². The molecule has 0 amide bonds. The molecule has 0 aliphatic rings. The molecule has 0 bridgehead atoms. The standard InChI is InChI=1S/C23H18N2O3/c1-28-20-13-11-17(12-14-20)22-15-21(16-7-9-18(10-8-16)23(26)27)24-25(22)19-5-3-2-4-6-19/h2-15H,1H3,(H,26,27). The van der Waals surface area contributed by atoms with Gasteiger partial charge in [-0.3, -0.25) is 0 Å². The molecule has 138 valence electrons. The van der Waals surface area contributed by atoms with E-state index in [0.29, 0.717) is 0 Å². The number of hydrogen-bond donors (Lipinski definition) is 1. The van der Waals surface area contributed by atoms with E-state index in [2.05, 4.69) is 0 Å². The maximum absolute atomic E-state index is 11.1. The van der Waals surface area contributed by atoms with E-state index >= 15 is 0 Å². The summed E-state index contributed by atoms with van der Waals surface area (Å²) >= 11 is 0. The highest BCUT2D eigenvalue weighted by atomic mass is 16.5. The van der Waals surface area contributed by atoms with Gasteiger partial charge in [0.15, 0.2) is 0 Å². The monoisotopic (exact) mass is 370 g/mol. The quantitative estimate of drug-likeness (QED) is 0.542. The zero-order valence-electron chi connectivity index (χ0n) is 15.2. The molecule has 0 radical (unpaired) electrons. The predicted molar refractivity (Wildman–Crippen MR) is 108 cm³/mol. The number of aromatic carboxylic acids is 1. The Kier molecular flexibility index (Phi) is 4.64. The first-order valence-electron chi connectivity index (χ1n) is 8.79. The van der Waals surface area contributed by atoms with Crippen LogP contribution in [-0.4, -0.2) is 28.0 Å². The van der Waals surface area contributed by atoms with E-state index in [1.165, 1.54) is 0 Å². The van der Waals surface area contributed by atoms with Crippen molar-refractivity contribution in [1.82, 2.24) is 9.78 Å². The lowest BCUT2D eigenvalue weighted by Crippen LogP contribution is -1.99. The van der Waals surface area contributed by atoms with E-state index < -0.39 is 5.97 Å². The molecule has 4 rings (SSSR count). The highest BCUT2D eigenvalue weighted by Gasteiger charge is 2.14. The topological polar surface area (TPSA) is 64.3 Å². The Morgan fingerprint density at radius 3 is 2.14 bits per heavy atom. The number of carbonyl (C=O) groups is 1. The molecule has 1 N–H and O–H groups in total. The SMILES string of the molecule is COc1ccc(-c2cc(-c3ccc(C(=O)O)cc3)nn2-c2ccccc2)cc1. The predicted octanol–water partition coefficient (Wildman–Crippen LogP) is 4.91. The number of rotatable bonds is 5. The number of para-hydroxylation sites is 1. The summed E-state index contributed by atoms with van der Waals surface area (Å²) in [5.41, 5.74) is 4.76. The van der Waals surface area contributed by atoms with E-state index in [9.17, 15) is 4.79 Å². The highest BCUT2D eigenvalue weighted by Crippen LogP contribution is 2.30. The molecule has 0 unspecified atom stereocenters. The lowest BCUT2D eigenvalue weighted by atomic mass is 10.1. The fourth-order valence-electron chi connectivity index (χ4n) is 3.04. The third-order valence-electron chi connectivity index (χ3n) is 4.52. The van der Waals surface area contributed by atoms with Crippen molar-refractivity contribution in [3.63, 3.8) is 0 Å². The number of hydrogen-bond acceptors (Lipinski definition) is 3. The van der Waals surface area contributed by atoms with Gasteiger partial charge in [-0.1, -0.05) is 30.3 Å². The van der Waals surface area contributed by atoms with Crippen molar-refractivity contribution in [2.24, 2.45) is 0 Å². The molecule has 5 nitrogen and oxygen atoms in total. The van der Waals surface area contributed by atoms with Crippen LogP contribution < -0.4 is 4.74 Å². The van der Waals surface area contributed by atoms with E-state index in [1.54, 1.807) is 31.4 Å². The molecule has 5 heteroatoms. The number of carboxylic acid groups (broad SMARTS) is 1. The maximum Gasteiger partial charge on any atom is 0.335 e. The molecular formula is C23H18N2O3. The van der Waals surface area contributed by atoms with Crippen LogP contribution in [0.2, 0.25) is 0 Å². The molecule has 0 atom stereocenters. The number of ether oxygens (including phenoxy) is 1. The lowest BCUT2D eigenvalue weighted by molar-refractivity contribution is 0.0697. The zero-order chi connectivity index (χ0) is 19.5. The Balaban J connectivity index is 1.83. The van der Waals surface area contributed by atoms with Gasteiger partial charge in [0.1, 0.15) is 5.75 Å². The Bertz CT molecular complexity index is 1100. The summed E-state index contributed by atoms with van der Waals surface area (Å²) in [6.07, 6.45) is 0. The van der Waals surface area contributed by atoms with Crippen LogP contribution in [0.4, 0.5) is 0 Å². The molecule has 0 saturated carbocycles. The molecule has 3 aromatic carbocycles. The van der Waals surface area contributed by atoms with Crippen molar-refractivity contribution in [3.8, 4) is 34.0 Å². The number of carboxylic acids is 1. The van der Waals surface area contributed by atoms with Crippen molar-refractivity contribution in [1.29, 1.82) is 0 Å². The van der Waals surface area contributed by atoms with Crippen LogP contribution in [0.5, 0.6) is 5.75 Å². The van der Waals surface area contributed by atoms with Gasteiger partial charge in [-0.25, -0.2) is 9.48 Å². The summed E-state index contributed by atoms with van der Waals surface area (Å²) in [4.78, 5) is 11.1. The minimum Gasteiger partial charge on any atom is -0.497 e. The largest absolute Gasteiger partial charge is 0.497 e. The third-order valence-corrected chi connectivity index (χ3v) is 4.52. The molecule has 0 aliphatic carbocycles. The number of aromatic nitrogens is 2. The van der Waals surface area contributed by atoms with Gasteiger partial charge >= 0.3 is 5.97 Å². The fraction of sp³-hybridized carbons (Fsp3) is 0.0435. The van der Waals surface area contributed by atoms with Gasteiger partial charge in [0, 0.05) is 11.1 Å². The van der Waals surface area contributed by atoms with Crippen LogP contribution in [0.15, 0.2) is 84.9 Å². The molecule has 0 spiro atoms. The van der Waals surface area contributed by atoms with Gasteiger partial charge in [0.2, 0.25) is 0 Å². The highest BCUT2D eigenvalue weighted by molar-refractivity contribution is 5.88. The zero-order valence-corrected chi connectivity index (χ0v) is 15.2. The van der Waals surface area contributed by atoms with Crippen LogP contribution in [0.3, 0.4) is 0 Å². The molecule has 28 heavy (non-hydrogen) atoms. The third kappa shape index (κ3) is 3.38. The smallest absolute Gasteiger partial charge is 0.335 e. The molecule has 4 aromatic rings. The summed E-state index contributed by atoms with van der Waals surface area (Å²) in [5, 5.41) is 13.9. The molecular weight excluding hydrogens is 352 g/mol. The van der Waals surface area contributed by atoms with Crippen LogP contribution in [0.25, 0.3) is 28.2 Å². The normalized spacial score (nSPS) is 10.6. The van der Waals surface area contributed by atoms with Gasteiger partial charge in [-0.05, 0) is 54.6 Å². The summed E-state index contributed by atoms with van der Waals surface area (Å²) in [7, 11) is 1.64. The van der Waals surface area contributed by atoms with E-state index in [0.717, 1.165) is 34.0 Å². The minimum absolute atomic E-state index is 0.251. The summed E-state index contributed by atoms with van der Waals surface area (Å²) < 4.78 is 7.15. The van der Waals surface area contributed by atoms with Crippen LogP contribution >= 0.6 is 0 Å². The first kappa shape index (κ1) is 17.5. The number of nitrogens with zero attached hydrogens (tertiary/aromatic N) is 2. The van der Waals surface area contributed by atoms with Crippen LogP contribution in [-0.2, 0) is 0 Å². The fourth-order valence-corrected chi connectivity index (χ4v) is 3.04. The van der Waals surface area contributed by atoms with Gasteiger partial charge in [-0.2, -0.15) is 5.10 Å². The first-order valence-corrected chi connectivity index (χ1v) is 8.79. The first-order chi connectivity index (χ1) is 13.7. The average Bonchev–Trinajstić information content (AvgIpc) is 3.20. The van der Waals surface area contributed by atoms with Crippen molar-refractivity contribution >= 4 is 5.97 Å². The maximum atomic E-state index is 11.1. The van der Waals surface area contributed by atoms with E-state index in [-0.39, 0.29) is 5.56 Å². The molecule has 0 fully saturated rings. The van der Waals surface area contributed by atoms with Gasteiger partial charge in [-0.15, -0.1) is 0 Å². The van der Waals surface area contributed by atoms with E-state index in [4.69, 9.17) is 14.9 Å². The Morgan fingerprint density at radius 2 is 1.54 bits per heavy atom. The van der Waals surface area contributed by atoms with Gasteiger partial charge < -0.3 is 9.84 Å². The van der Waals surface area contributed by atoms with Crippen molar-refractivity contribution in [2.45, 2.75) is 0 Å². The minimum atomic E-state index is -0.944. The van der Waals surface area contributed by atoms with Crippen LogP contribution in [0, 0.1) is 0 Å². The van der Waals surface area contributed by atoms with Crippen molar-refractivity contribution < 1.29 is 14.6 Å². The van der Waals surface area contributed by atoms with Gasteiger partial charge in [0.05, 0.1) is 29.7 Å². The van der Waals surface area contributed by atoms with Crippen molar-refractivity contribution in [2.75, 3.05) is 7.11 Å². The average molecular weight is 370 g/mol. The molecule has 1 aromatic heterocycles. The second-order valence-corrected chi connectivity index (χ2v) is 6.27. The Hall–Kier alpha value is -3.86. The summed E-state index contributed by atoms with van der Waals surface area (Å²) in [6, 6.07) is 26.4. The summed E-state index contributed by atoms with van der Waals surface area (Å²) in [6.45, 7) is 0. The lowest BCUT2D eigenvalue weighted by Gasteiger charge is -2.08. The number of benzene rings is 3. The van der Waals surface area contributed by atoms with E-state index in [1.807, 2.05) is 65.3 Å². The van der Waals surface area contributed by atoms with Crippen molar-refractivity contribution in [3.05, 3.63) is 90.5 Å². The molecule has 0 saturated heterocycles.